The number of amides is 2. The molecule has 0 aromatic heterocycles. The van der Waals surface area contributed by atoms with E-state index in [1.165, 1.54) is 0 Å². The number of carbonyl (C=O) groups excluding carboxylic acids is 2. The van der Waals surface area contributed by atoms with Crippen LogP contribution < -0.4 is 20.1 Å². The number of ether oxygens (including phenoxy) is 2. The van der Waals surface area contributed by atoms with Gasteiger partial charge in [0.25, 0.3) is 0 Å². The van der Waals surface area contributed by atoms with Crippen LogP contribution in [0.4, 0.5) is 0 Å². The van der Waals surface area contributed by atoms with Gasteiger partial charge >= 0.3 is 11.8 Å². The minimum Gasteiger partial charge on any atom is -0.493 e. The molecule has 0 aliphatic heterocycles. The molecular formula is C20H32N2O4. The molecule has 0 fully saturated rings. The Morgan fingerprint density at radius 1 is 1.04 bits per heavy atom. The molecule has 1 aromatic rings. The van der Waals surface area contributed by atoms with Crippen molar-refractivity contribution in [3.8, 4) is 11.5 Å². The normalized spacial score (nSPS) is 11.5. The van der Waals surface area contributed by atoms with Crippen LogP contribution in [0.15, 0.2) is 18.2 Å². The van der Waals surface area contributed by atoms with Crippen molar-refractivity contribution in [2.45, 2.75) is 46.0 Å². The molecule has 6 nitrogen and oxygen atoms in total. The zero-order chi connectivity index (χ0) is 19.4. The van der Waals surface area contributed by atoms with Crippen molar-refractivity contribution in [2.24, 2.45) is 5.92 Å². The molecule has 6 heteroatoms. The Bertz CT molecular complexity index is 575. The molecule has 0 spiro atoms. The lowest BCUT2D eigenvalue weighted by molar-refractivity contribution is -0.139. The van der Waals surface area contributed by atoms with E-state index >= 15 is 0 Å². The molecule has 26 heavy (non-hydrogen) atoms. The predicted molar refractivity (Wildman–Crippen MR) is 103 cm³/mol. The van der Waals surface area contributed by atoms with E-state index in [1.807, 2.05) is 18.2 Å². The highest BCUT2D eigenvalue weighted by atomic mass is 16.5. The molecule has 146 valence electrons. The molecule has 0 heterocycles. The maximum Gasteiger partial charge on any atom is 0.309 e. The molecule has 0 aliphatic carbocycles. The molecule has 2 N–H and O–H groups in total. The summed E-state index contributed by atoms with van der Waals surface area (Å²) in [5.41, 5.74) is 0.994. The summed E-state index contributed by atoms with van der Waals surface area (Å²) in [5, 5.41) is 5.40. The first-order valence-corrected chi connectivity index (χ1v) is 9.32. The van der Waals surface area contributed by atoms with E-state index in [4.69, 9.17) is 9.47 Å². The summed E-state index contributed by atoms with van der Waals surface area (Å²) >= 11 is 0. The number of rotatable bonds is 11. The summed E-state index contributed by atoms with van der Waals surface area (Å²) in [5.74, 6) is 0.585. The lowest BCUT2D eigenvalue weighted by atomic mass is 9.99. The van der Waals surface area contributed by atoms with Crippen LogP contribution in [-0.2, 0) is 16.0 Å². The summed E-state index contributed by atoms with van der Waals surface area (Å²) in [6.07, 6.45) is 4.97. The third-order valence-electron chi connectivity index (χ3n) is 4.45. The average molecular weight is 364 g/mol. The first-order valence-electron chi connectivity index (χ1n) is 9.32. The van der Waals surface area contributed by atoms with Crippen molar-refractivity contribution in [1.29, 1.82) is 0 Å². The highest BCUT2D eigenvalue weighted by molar-refractivity contribution is 6.35. The van der Waals surface area contributed by atoms with Crippen molar-refractivity contribution in [2.75, 3.05) is 27.3 Å². The van der Waals surface area contributed by atoms with Crippen LogP contribution in [0.2, 0.25) is 0 Å². The smallest absolute Gasteiger partial charge is 0.309 e. The summed E-state index contributed by atoms with van der Waals surface area (Å²) in [7, 11) is 3.17. The van der Waals surface area contributed by atoms with E-state index in [9.17, 15) is 9.59 Å². The van der Waals surface area contributed by atoms with E-state index in [2.05, 4.69) is 24.5 Å². The van der Waals surface area contributed by atoms with Crippen LogP contribution in [0.5, 0.6) is 11.5 Å². The molecule has 0 bridgehead atoms. The fourth-order valence-corrected chi connectivity index (χ4v) is 2.70. The minimum absolute atomic E-state index is 0.384. The maximum atomic E-state index is 11.9. The van der Waals surface area contributed by atoms with Crippen molar-refractivity contribution >= 4 is 11.8 Å². The molecule has 0 saturated heterocycles. The molecular weight excluding hydrogens is 332 g/mol. The van der Waals surface area contributed by atoms with Gasteiger partial charge in [0.1, 0.15) is 0 Å². The lowest BCUT2D eigenvalue weighted by Gasteiger charge is -2.15. The monoisotopic (exact) mass is 364 g/mol. The van der Waals surface area contributed by atoms with Crippen LogP contribution in [0.25, 0.3) is 0 Å². The number of benzene rings is 1. The number of carbonyl (C=O) groups is 2. The molecule has 0 unspecified atom stereocenters. The molecule has 1 aromatic carbocycles. The fraction of sp³-hybridized carbons (Fsp3) is 0.600. The van der Waals surface area contributed by atoms with Gasteiger partial charge in [0.2, 0.25) is 0 Å². The number of hydrogen-bond donors (Lipinski definition) is 2. The standard InChI is InChI=1S/C20H32N2O4/c1-5-7-8-15(6-2)14-22-20(24)19(23)21-12-11-16-9-10-17(25-3)18(13-16)26-4/h9-10,13,15H,5-8,11-12,14H2,1-4H3,(H,21,23)(H,22,24)/t15-/m0/s1. The number of nitrogens with one attached hydrogen (secondary N) is 2. The number of hydrogen-bond acceptors (Lipinski definition) is 4. The molecule has 1 atom stereocenters. The van der Waals surface area contributed by atoms with Crippen LogP contribution in [0.3, 0.4) is 0 Å². The van der Waals surface area contributed by atoms with Gasteiger partial charge in [-0.1, -0.05) is 39.2 Å². The van der Waals surface area contributed by atoms with E-state index in [1.54, 1.807) is 14.2 Å². The molecule has 0 aliphatic rings. The summed E-state index contributed by atoms with van der Waals surface area (Å²) in [6.45, 7) is 5.19. The van der Waals surface area contributed by atoms with Gasteiger partial charge in [0, 0.05) is 13.1 Å². The lowest BCUT2D eigenvalue weighted by Crippen LogP contribution is -2.42. The second-order valence-electron chi connectivity index (χ2n) is 6.32. The quantitative estimate of drug-likeness (QED) is 0.592. The molecule has 2 amide bonds. The van der Waals surface area contributed by atoms with E-state index in [-0.39, 0.29) is 0 Å². The largest absolute Gasteiger partial charge is 0.493 e. The van der Waals surface area contributed by atoms with E-state index in [0.29, 0.717) is 36.9 Å². The zero-order valence-corrected chi connectivity index (χ0v) is 16.4. The van der Waals surface area contributed by atoms with Gasteiger partial charge in [-0.25, -0.2) is 0 Å². The first kappa shape index (κ1) is 21.8. The second-order valence-corrected chi connectivity index (χ2v) is 6.32. The zero-order valence-electron chi connectivity index (χ0n) is 16.4. The van der Waals surface area contributed by atoms with Crippen LogP contribution >= 0.6 is 0 Å². The highest BCUT2D eigenvalue weighted by Gasteiger charge is 2.15. The molecule has 1 rings (SSSR count). The summed E-state index contributed by atoms with van der Waals surface area (Å²) in [6, 6.07) is 5.60. The third-order valence-corrected chi connectivity index (χ3v) is 4.45. The molecule has 0 radical (unpaired) electrons. The third kappa shape index (κ3) is 7.33. The average Bonchev–Trinajstić information content (AvgIpc) is 2.67. The van der Waals surface area contributed by atoms with Crippen LogP contribution in [0.1, 0.15) is 45.1 Å². The Morgan fingerprint density at radius 2 is 1.73 bits per heavy atom. The van der Waals surface area contributed by atoms with Gasteiger partial charge < -0.3 is 20.1 Å². The Balaban J connectivity index is 2.38. The van der Waals surface area contributed by atoms with Gasteiger partial charge in [-0.2, -0.15) is 0 Å². The van der Waals surface area contributed by atoms with Crippen molar-refractivity contribution in [3.63, 3.8) is 0 Å². The molecule has 0 saturated carbocycles. The summed E-state index contributed by atoms with van der Waals surface area (Å²) < 4.78 is 10.5. The number of methoxy groups -OCH3 is 2. The van der Waals surface area contributed by atoms with E-state index in [0.717, 1.165) is 31.2 Å². The Morgan fingerprint density at radius 3 is 2.35 bits per heavy atom. The highest BCUT2D eigenvalue weighted by Crippen LogP contribution is 2.27. The fourth-order valence-electron chi connectivity index (χ4n) is 2.70. The van der Waals surface area contributed by atoms with Crippen molar-refractivity contribution in [1.82, 2.24) is 10.6 Å². The summed E-state index contributed by atoms with van der Waals surface area (Å²) in [4.78, 5) is 23.8. The Kier molecular flexibility index (Phi) is 10.2. The van der Waals surface area contributed by atoms with Gasteiger partial charge in [0.15, 0.2) is 11.5 Å². The Hall–Kier alpha value is -2.24. The Labute approximate surface area is 156 Å². The SMILES string of the molecule is CCCC[C@H](CC)CNC(=O)C(=O)NCCc1ccc(OC)c(OC)c1. The van der Waals surface area contributed by atoms with Crippen molar-refractivity contribution in [3.05, 3.63) is 23.8 Å². The van der Waals surface area contributed by atoms with Crippen molar-refractivity contribution < 1.29 is 19.1 Å². The van der Waals surface area contributed by atoms with Gasteiger partial charge in [-0.3, -0.25) is 9.59 Å². The van der Waals surface area contributed by atoms with E-state index < -0.39 is 11.8 Å². The van der Waals surface area contributed by atoms with Gasteiger partial charge in [-0.15, -0.1) is 0 Å². The van der Waals surface area contributed by atoms with Crippen LogP contribution in [-0.4, -0.2) is 39.1 Å². The van der Waals surface area contributed by atoms with Crippen LogP contribution in [0, 0.1) is 5.92 Å². The van der Waals surface area contributed by atoms with Gasteiger partial charge in [0.05, 0.1) is 14.2 Å². The number of unbranched alkanes of at least 4 members (excludes halogenated alkanes) is 1. The maximum absolute atomic E-state index is 11.9. The topological polar surface area (TPSA) is 76.7 Å². The predicted octanol–water partition coefficient (Wildman–Crippen LogP) is 2.70. The first-order chi connectivity index (χ1) is 12.5. The second kappa shape index (κ2) is 12.2. The minimum atomic E-state index is -0.587. The van der Waals surface area contributed by atoms with Gasteiger partial charge in [-0.05, 0) is 36.5 Å².